The zero-order valence-electron chi connectivity index (χ0n) is 6.46. The second-order valence-electron chi connectivity index (χ2n) is 3.21. The van der Waals surface area contributed by atoms with E-state index in [1.165, 1.54) is 0 Å². The van der Waals surface area contributed by atoms with Gasteiger partial charge in [-0.15, -0.1) is 0 Å². The largest absolute Gasteiger partial charge is 0.171 e. The van der Waals surface area contributed by atoms with Crippen LogP contribution in [0.1, 0.15) is 20.8 Å². The summed E-state index contributed by atoms with van der Waals surface area (Å²) in [5, 5.41) is 9.86. The molecule has 10 heavy (non-hydrogen) atoms. The highest BCUT2D eigenvalue weighted by atomic mass is 32.2. The molecule has 0 unspecified atom stereocenters. The number of hydrogen-bond donors (Lipinski definition) is 0. The maximum atomic E-state index is 4.01. The van der Waals surface area contributed by atoms with Crippen LogP contribution in [-0.4, -0.2) is 0 Å². The molecule has 0 fully saturated rings. The highest BCUT2D eigenvalue weighted by Gasteiger charge is 2.17. The van der Waals surface area contributed by atoms with Crippen LogP contribution in [0.15, 0.2) is 21.3 Å². The Morgan fingerprint density at radius 3 is 2.40 bits per heavy atom. The molecule has 1 heterocycles. The third-order valence-corrected chi connectivity index (χ3v) is 1.80. The monoisotopic (exact) mass is 155 g/mol. The average Bonchev–Trinajstić information content (AvgIpc) is 1.88. The fourth-order valence-electron chi connectivity index (χ4n) is 0.558. The summed E-state index contributed by atoms with van der Waals surface area (Å²) in [5.74, 6) is 1.73. The predicted octanol–water partition coefficient (Wildman–Crippen LogP) is 3.19. The molecule has 0 aromatic rings. The van der Waals surface area contributed by atoms with Gasteiger partial charge in [-0.05, 0) is 5.41 Å². The summed E-state index contributed by atoms with van der Waals surface area (Å²) in [6, 6.07) is 0. The normalized spacial score (nSPS) is 18.9. The third-order valence-electron chi connectivity index (χ3n) is 1.22. The van der Waals surface area contributed by atoms with E-state index in [1.807, 2.05) is 5.41 Å². The van der Waals surface area contributed by atoms with Crippen LogP contribution in [0.4, 0.5) is 0 Å². The van der Waals surface area contributed by atoms with Gasteiger partial charge in [-0.3, -0.25) is 0 Å². The van der Waals surface area contributed by atoms with E-state index in [-0.39, 0.29) is 5.41 Å². The SMILES string of the molecule is CC(C)(C)C1=CS[CH]N=N1. The van der Waals surface area contributed by atoms with Crippen molar-refractivity contribution in [3.8, 4) is 0 Å². The Morgan fingerprint density at radius 1 is 1.40 bits per heavy atom. The zero-order chi connectivity index (χ0) is 7.61. The number of rotatable bonds is 0. The molecule has 55 valence electrons. The summed E-state index contributed by atoms with van der Waals surface area (Å²) in [6.45, 7) is 6.39. The highest BCUT2D eigenvalue weighted by molar-refractivity contribution is 8.04. The highest BCUT2D eigenvalue weighted by Crippen LogP contribution is 2.32. The molecule has 1 aliphatic rings. The van der Waals surface area contributed by atoms with E-state index in [9.17, 15) is 0 Å². The van der Waals surface area contributed by atoms with Crippen LogP contribution in [0, 0.1) is 11.3 Å². The van der Waals surface area contributed by atoms with E-state index in [4.69, 9.17) is 0 Å². The molecule has 0 aromatic heterocycles. The lowest BCUT2D eigenvalue weighted by atomic mass is 9.93. The van der Waals surface area contributed by atoms with Crippen LogP contribution in [0.25, 0.3) is 0 Å². The van der Waals surface area contributed by atoms with E-state index in [2.05, 4.69) is 31.0 Å². The first-order valence-corrected chi connectivity index (χ1v) is 4.13. The van der Waals surface area contributed by atoms with E-state index in [0.29, 0.717) is 0 Å². The lowest BCUT2D eigenvalue weighted by molar-refractivity contribution is 0.493. The Balaban J connectivity index is 2.73. The van der Waals surface area contributed by atoms with Crippen LogP contribution < -0.4 is 0 Å². The quantitative estimate of drug-likeness (QED) is 0.527. The molecule has 0 bridgehead atoms. The average molecular weight is 155 g/mol. The first kappa shape index (κ1) is 7.79. The number of azo groups is 1. The van der Waals surface area contributed by atoms with Crippen LogP contribution in [-0.2, 0) is 0 Å². The third kappa shape index (κ3) is 1.84. The number of allylic oxidation sites excluding steroid dienone is 1. The predicted molar refractivity (Wildman–Crippen MR) is 44.3 cm³/mol. The van der Waals surface area contributed by atoms with Crippen LogP contribution in [0.3, 0.4) is 0 Å². The molecule has 3 heteroatoms. The summed E-state index contributed by atoms with van der Waals surface area (Å²) in [7, 11) is 0. The van der Waals surface area contributed by atoms with Crippen LogP contribution in [0.5, 0.6) is 0 Å². The molecular formula is C7H11N2S. The number of hydrogen-bond acceptors (Lipinski definition) is 3. The lowest BCUT2D eigenvalue weighted by Crippen LogP contribution is -2.07. The Morgan fingerprint density at radius 2 is 2.10 bits per heavy atom. The van der Waals surface area contributed by atoms with Crippen molar-refractivity contribution in [2.75, 3.05) is 0 Å². The van der Waals surface area contributed by atoms with Gasteiger partial charge in [0.2, 0.25) is 0 Å². The van der Waals surface area contributed by atoms with Gasteiger partial charge < -0.3 is 0 Å². The molecule has 1 radical (unpaired) electrons. The molecule has 0 amide bonds. The molecule has 0 spiro atoms. The van der Waals surface area contributed by atoms with E-state index in [1.54, 1.807) is 17.6 Å². The van der Waals surface area contributed by atoms with Crippen molar-refractivity contribution in [2.45, 2.75) is 20.8 Å². The smallest absolute Gasteiger partial charge is 0.154 e. The molecule has 0 saturated heterocycles. The van der Waals surface area contributed by atoms with Gasteiger partial charge in [0.25, 0.3) is 0 Å². The van der Waals surface area contributed by atoms with Crippen molar-refractivity contribution in [1.82, 2.24) is 0 Å². The minimum absolute atomic E-state index is 0.130. The Bertz CT molecular complexity index is 177. The van der Waals surface area contributed by atoms with Gasteiger partial charge in [0.15, 0.2) is 5.88 Å². The molecule has 2 nitrogen and oxygen atoms in total. The molecule has 0 atom stereocenters. The van der Waals surface area contributed by atoms with Crippen molar-refractivity contribution in [1.29, 1.82) is 0 Å². The van der Waals surface area contributed by atoms with Crippen LogP contribution in [0.2, 0.25) is 0 Å². The minimum atomic E-state index is 0.130. The Labute approximate surface area is 65.8 Å². The zero-order valence-corrected chi connectivity index (χ0v) is 7.27. The Hall–Kier alpha value is -0.310. The van der Waals surface area contributed by atoms with Gasteiger partial charge in [-0.1, -0.05) is 32.5 Å². The van der Waals surface area contributed by atoms with E-state index < -0.39 is 0 Å². The second kappa shape index (κ2) is 2.74. The molecule has 0 N–H and O–H groups in total. The van der Waals surface area contributed by atoms with Gasteiger partial charge in [-0.25, -0.2) is 0 Å². The molecule has 0 aromatic carbocycles. The van der Waals surface area contributed by atoms with Crippen molar-refractivity contribution < 1.29 is 0 Å². The van der Waals surface area contributed by atoms with Gasteiger partial charge in [0.1, 0.15) is 0 Å². The van der Waals surface area contributed by atoms with E-state index in [0.717, 1.165) is 5.70 Å². The topological polar surface area (TPSA) is 24.7 Å². The van der Waals surface area contributed by atoms with Crippen molar-refractivity contribution in [2.24, 2.45) is 15.6 Å². The number of thioether (sulfide) groups is 1. The lowest BCUT2D eigenvalue weighted by Gasteiger charge is -2.19. The van der Waals surface area contributed by atoms with Crippen molar-refractivity contribution in [3.05, 3.63) is 17.0 Å². The Kier molecular flexibility index (Phi) is 2.14. The van der Waals surface area contributed by atoms with E-state index >= 15 is 0 Å². The summed E-state index contributed by atoms with van der Waals surface area (Å²) < 4.78 is 0. The van der Waals surface area contributed by atoms with Gasteiger partial charge >= 0.3 is 0 Å². The number of nitrogens with zero attached hydrogens (tertiary/aromatic N) is 2. The van der Waals surface area contributed by atoms with Gasteiger partial charge in [0.05, 0.1) is 5.70 Å². The first-order chi connectivity index (χ1) is 4.61. The summed E-state index contributed by atoms with van der Waals surface area (Å²) in [5.41, 5.74) is 1.19. The molecule has 1 aliphatic heterocycles. The maximum Gasteiger partial charge on any atom is 0.154 e. The molecule has 0 aliphatic carbocycles. The van der Waals surface area contributed by atoms with Crippen molar-refractivity contribution >= 4 is 11.8 Å². The standard InChI is InChI=1S/C7H11N2S/c1-7(2,3)6-4-10-5-8-9-6/h4-5H,1-3H3. The molecular weight excluding hydrogens is 144 g/mol. The van der Waals surface area contributed by atoms with Crippen LogP contribution >= 0.6 is 11.8 Å². The fraction of sp³-hybridized carbons (Fsp3) is 0.571. The van der Waals surface area contributed by atoms with Gasteiger partial charge in [0, 0.05) is 5.41 Å². The second-order valence-corrected chi connectivity index (χ2v) is 3.93. The summed E-state index contributed by atoms with van der Waals surface area (Å²) in [4.78, 5) is 0. The van der Waals surface area contributed by atoms with Gasteiger partial charge in [-0.2, -0.15) is 10.2 Å². The maximum absolute atomic E-state index is 4.01. The fourth-order valence-corrected chi connectivity index (χ4v) is 1.25. The summed E-state index contributed by atoms with van der Waals surface area (Å²) in [6.07, 6.45) is 0. The molecule has 1 rings (SSSR count). The van der Waals surface area contributed by atoms with Crippen molar-refractivity contribution in [3.63, 3.8) is 0 Å². The molecule has 0 saturated carbocycles. The minimum Gasteiger partial charge on any atom is -0.171 e. The first-order valence-electron chi connectivity index (χ1n) is 3.19. The summed E-state index contributed by atoms with van der Waals surface area (Å²) >= 11 is 1.58.